The van der Waals surface area contributed by atoms with Crippen molar-refractivity contribution in [2.75, 3.05) is 37.2 Å². The number of rotatable bonds is 18. The van der Waals surface area contributed by atoms with Gasteiger partial charge >= 0.3 is 11.9 Å². The van der Waals surface area contributed by atoms with E-state index in [1.54, 1.807) is 18.2 Å². The number of furan rings is 1. The molecule has 3 aromatic rings. The Bertz CT molecular complexity index is 1740. The van der Waals surface area contributed by atoms with E-state index in [-0.39, 0.29) is 16.6 Å². The van der Waals surface area contributed by atoms with E-state index in [1.807, 2.05) is 12.1 Å². The molecule has 0 spiro atoms. The number of aryl methyl sites for hydroxylation is 1. The average Bonchev–Trinajstić information content (AvgIpc) is 3.41. The Morgan fingerprint density at radius 1 is 0.792 bits per heavy atom. The van der Waals surface area contributed by atoms with Crippen molar-refractivity contribution in [2.45, 2.75) is 125 Å². The van der Waals surface area contributed by atoms with E-state index < -0.39 is 22.0 Å². The van der Waals surface area contributed by atoms with Gasteiger partial charge in [0.15, 0.2) is 5.78 Å². The van der Waals surface area contributed by atoms with Crippen LogP contribution in [0.1, 0.15) is 140 Å². The molecule has 11 nitrogen and oxygen atoms in total. The number of benzene rings is 2. The summed E-state index contributed by atoms with van der Waals surface area (Å²) in [6, 6.07) is 9.11. The fraction of sp³-hybridized carbons (Fsp3) is 0.585. The van der Waals surface area contributed by atoms with Gasteiger partial charge in [-0.2, -0.15) is 0 Å². The van der Waals surface area contributed by atoms with Crippen molar-refractivity contribution in [3.05, 3.63) is 58.3 Å². The van der Waals surface area contributed by atoms with E-state index in [9.17, 15) is 13.2 Å². The summed E-state index contributed by atoms with van der Waals surface area (Å²) in [5.41, 5.74) is 3.49. The highest BCUT2D eigenvalue weighted by Gasteiger charge is 2.31. The number of carbonyl (C=O) groups is 3. The van der Waals surface area contributed by atoms with Gasteiger partial charge in [-0.25, -0.2) is 18.0 Å². The summed E-state index contributed by atoms with van der Waals surface area (Å²) < 4.78 is 39.5. The van der Waals surface area contributed by atoms with Crippen LogP contribution >= 0.6 is 0 Å². The summed E-state index contributed by atoms with van der Waals surface area (Å²) in [5, 5.41) is 15.4. The molecule has 2 aromatic carbocycles. The summed E-state index contributed by atoms with van der Waals surface area (Å²) in [5.74, 6) is -2.27. The summed E-state index contributed by atoms with van der Waals surface area (Å²) in [6.07, 6.45) is 9.31. The molecule has 0 fully saturated rings. The zero-order chi connectivity index (χ0) is 40.1. The molecule has 0 aliphatic heterocycles. The van der Waals surface area contributed by atoms with Gasteiger partial charge in [0.25, 0.3) is 0 Å². The van der Waals surface area contributed by atoms with Gasteiger partial charge in [0.05, 0.1) is 18.4 Å². The minimum absolute atomic E-state index is 0.128. The maximum atomic E-state index is 14.6. The molecule has 1 heterocycles. The molecular formula is C41H62N2O9S. The Balaban J connectivity index is 0.00000149. The van der Waals surface area contributed by atoms with Crippen molar-refractivity contribution in [1.82, 2.24) is 4.90 Å². The Morgan fingerprint density at radius 2 is 1.30 bits per heavy atom. The molecule has 0 atom stereocenters. The van der Waals surface area contributed by atoms with Crippen LogP contribution in [0.3, 0.4) is 0 Å². The first kappa shape index (κ1) is 45.3. The minimum Gasteiger partial charge on any atom is -0.493 e. The largest absolute Gasteiger partial charge is 0.493 e. The quantitative estimate of drug-likeness (QED) is 0.0649. The van der Waals surface area contributed by atoms with Gasteiger partial charge < -0.3 is 24.3 Å². The third kappa shape index (κ3) is 14.1. The smallest absolute Gasteiger partial charge is 0.414 e. The van der Waals surface area contributed by atoms with Gasteiger partial charge in [0.1, 0.15) is 17.1 Å². The molecule has 0 unspecified atom stereocenters. The van der Waals surface area contributed by atoms with Crippen LogP contribution in [0.25, 0.3) is 11.0 Å². The van der Waals surface area contributed by atoms with Crippen LogP contribution < -0.4 is 9.46 Å². The molecule has 0 amide bonds. The second-order valence-corrected chi connectivity index (χ2v) is 17.4. The number of carboxylic acid groups (broad SMARTS) is 2. The summed E-state index contributed by atoms with van der Waals surface area (Å²) in [6.45, 7) is 23.4. The molecule has 0 aliphatic rings. The first-order chi connectivity index (χ1) is 24.6. The average molecular weight is 759 g/mol. The number of ketones is 1. The number of nitrogens with zero attached hydrogens (tertiary/aromatic N) is 1. The zero-order valence-electron chi connectivity index (χ0n) is 33.5. The van der Waals surface area contributed by atoms with Crippen LogP contribution in [0, 0.1) is 0 Å². The van der Waals surface area contributed by atoms with E-state index in [0.717, 1.165) is 62.0 Å². The third-order valence-corrected chi connectivity index (χ3v) is 9.33. The number of hydrogen-bond acceptors (Lipinski definition) is 8. The number of fused-ring (bicyclic) bond motifs is 1. The first-order valence-electron chi connectivity index (χ1n) is 18.7. The van der Waals surface area contributed by atoms with E-state index in [1.165, 1.54) is 25.7 Å². The lowest BCUT2D eigenvalue weighted by molar-refractivity contribution is -0.159. The molecule has 296 valence electrons. The highest BCUT2D eigenvalue weighted by atomic mass is 32.2. The second kappa shape index (κ2) is 20.0. The molecule has 3 N–H and O–H groups in total. The fourth-order valence-corrected chi connectivity index (χ4v) is 6.48. The molecule has 0 bridgehead atoms. The predicted molar refractivity (Wildman–Crippen MR) is 212 cm³/mol. The van der Waals surface area contributed by atoms with E-state index in [0.29, 0.717) is 46.6 Å². The lowest BCUT2D eigenvalue weighted by Crippen LogP contribution is -2.28. The van der Waals surface area contributed by atoms with Crippen molar-refractivity contribution in [2.24, 2.45) is 0 Å². The predicted octanol–water partition coefficient (Wildman–Crippen LogP) is 8.80. The molecule has 0 saturated heterocycles. The van der Waals surface area contributed by atoms with Gasteiger partial charge in [0.2, 0.25) is 10.0 Å². The number of sulfonamides is 1. The molecule has 12 heteroatoms. The zero-order valence-corrected chi connectivity index (χ0v) is 34.3. The van der Waals surface area contributed by atoms with Crippen molar-refractivity contribution in [1.29, 1.82) is 0 Å². The second-order valence-electron chi connectivity index (χ2n) is 15.7. The number of unbranched alkanes of at least 4 members (excludes halogenated alkanes) is 3. The van der Waals surface area contributed by atoms with Gasteiger partial charge in [-0.15, -0.1) is 0 Å². The Morgan fingerprint density at radius 3 is 1.75 bits per heavy atom. The van der Waals surface area contributed by atoms with E-state index in [4.69, 9.17) is 29.0 Å². The third-order valence-electron chi connectivity index (χ3n) is 8.72. The molecule has 3 rings (SSSR count). The van der Waals surface area contributed by atoms with Crippen LogP contribution in [0.5, 0.6) is 5.75 Å². The van der Waals surface area contributed by atoms with Crippen LogP contribution in [0.2, 0.25) is 0 Å². The summed E-state index contributed by atoms with van der Waals surface area (Å²) in [4.78, 5) is 35.4. The van der Waals surface area contributed by atoms with Crippen LogP contribution in [0.15, 0.2) is 34.7 Å². The van der Waals surface area contributed by atoms with Gasteiger partial charge in [0, 0.05) is 40.7 Å². The number of carboxylic acids is 2. The van der Waals surface area contributed by atoms with Crippen LogP contribution in [0.4, 0.5) is 5.69 Å². The number of carbonyl (C=O) groups excluding carboxylic acids is 1. The number of ether oxygens (including phenoxy) is 1. The Hall–Kier alpha value is -3.90. The minimum atomic E-state index is -3.49. The van der Waals surface area contributed by atoms with Crippen molar-refractivity contribution >= 4 is 44.4 Å². The van der Waals surface area contributed by atoms with Gasteiger partial charge in [-0.3, -0.25) is 9.52 Å². The lowest BCUT2D eigenvalue weighted by Gasteiger charge is -2.31. The fourth-order valence-electron chi connectivity index (χ4n) is 5.92. The number of nitrogens with one attached hydrogen (secondary N) is 1. The first-order valence-corrected chi connectivity index (χ1v) is 20.6. The maximum absolute atomic E-state index is 14.6. The molecule has 0 radical (unpaired) electrons. The normalized spacial score (nSPS) is 12.1. The molecule has 0 aliphatic carbocycles. The van der Waals surface area contributed by atoms with E-state index in [2.05, 4.69) is 71.9 Å². The molecular weight excluding hydrogens is 697 g/mol. The van der Waals surface area contributed by atoms with Gasteiger partial charge in [-0.1, -0.05) is 81.6 Å². The van der Waals surface area contributed by atoms with Gasteiger partial charge in [-0.05, 0) is 79.9 Å². The molecule has 0 saturated carbocycles. The standard InChI is InChI=1S/C39H60N2O5S.C2H2O4/c1-11-14-18-34-35(30-27-29(40-47(10,43)44)19-20-33(30)46-34)36(42)28-25-31(38(4,5)6)37(32(26-28)39(7,8)9)45-24-17-23-41(21-15-12-2)22-16-13-3;3-1(4)2(5)6/h19-20,25-27,40H,11-18,21-24H2,1-10H3;(H,3,4)(H,5,6). The maximum Gasteiger partial charge on any atom is 0.414 e. The van der Waals surface area contributed by atoms with Crippen LogP contribution in [-0.4, -0.2) is 73.7 Å². The van der Waals surface area contributed by atoms with E-state index >= 15 is 0 Å². The topological polar surface area (TPSA) is 163 Å². The van der Waals surface area contributed by atoms with Crippen LogP contribution in [-0.2, 0) is 36.9 Å². The van der Waals surface area contributed by atoms with Crippen molar-refractivity contribution in [3.63, 3.8) is 0 Å². The molecule has 1 aromatic heterocycles. The number of anilines is 1. The SMILES string of the molecule is CCCCc1oc2ccc(NS(C)(=O)=O)cc2c1C(=O)c1cc(C(C)(C)C)c(OCCCN(CCCC)CCCC)c(C(C)(C)C)c1.O=C(O)C(=O)O. The van der Waals surface area contributed by atoms with Crippen molar-refractivity contribution in [3.8, 4) is 5.75 Å². The van der Waals surface area contributed by atoms with Crippen molar-refractivity contribution < 1.29 is 42.2 Å². The number of hydrogen-bond donors (Lipinski definition) is 3. The number of aliphatic carboxylic acids is 2. The highest BCUT2D eigenvalue weighted by molar-refractivity contribution is 7.92. The highest BCUT2D eigenvalue weighted by Crippen LogP contribution is 2.42. The Labute approximate surface area is 316 Å². The lowest BCUT2D eigenvalue weighted by atomic mass is 9.77. The summed E-state index contributed by atoms with van der Waals surface area (Å²) >= 11 is 0. The Kier molecular flexibility index (Phi) is 17.1. The monoisotopic (exact) mass is 758 g/mol. The summed E-state index contributed by atoms with van der Waals surface area (Å²) in [7, 11) is -3.49. The molecule has 53 heavy (non-hydrogen) atoms.